The summed E-state index contributed by atoms with van der Waals surface area (Å²) in [5, 5.41) is 17.5. The zero-order valence-electron chi connectivity index (χ0n) is 8.78. The Morgan fingerprint density at radius 3 is 2.14 bits per heavy atom. The van der Waals surface area contributed by atoms with Crippen molar-refractivity contribution in [2.75, 3.05) is 19.7 Å². The molecule has 0 aromatic heterocycles. The third-order valence-corrected chi connectivity index (χ3v) is 2.11. The van der Waals surface area contributed by atoms with Crippen LogP contribution < -0.4 is 0 Å². The van der Waals surface area contributed by atoms with Crippen molar-refractivity contribution in [2.45, 2.75) is 20.8 Å². The van der Waals surface area contributed by atoms with Crippen molar-refractivity contribution in [3.05, 3.63) is 0 Å². The van der Waals surface area contributed by atoms with Gasteiger partial charge in [-0.15, -0.1) is 0 Å². The molecule has 0 rings (SSSR count). The van der Waals surface area contributed by atoms with E-state index in [1.807, 2.05) is 0 Å². The van der Waals surface area contributed by atoms with Gasteiger partial charge in [0.25, 0.3) is 0 Å². The van der Waals surface area contributed by atoms with Crippen molar-refractivity contribution in [2.24, 2.45) is 5.41 Å². The highest BCUT2D eigenvalue weighted by atomic mass is 16.4. The van der Waals surface area contributed by atoms with Gasteiger partial charge >= 0.3 is 5.97 Å². The van der Waals surface area contributed by atoms with Crippen LogP contribution in [0.25, 0.3) is 0 Å². The summed E-state index contributed by atoms with van der Waals surface area (Å²) in [5.74, 6) is -1.62. The van der Waals surface area contributed by atoms with E-state index in [9.17, 15) is 9.59 Å². The van der Waals surface area contributed by atoms with Crippen LogP contribution in [0.4, 0.5) is 0 Å². The molecular weight excluding hydrogens is 186 g/mol. The van der Waals surface area contributed by atoms with E-state index in [0.29, 0.717) is 6.54 Å². The van der Waals surface area contributed by atoms with Crippen LogP contribution in [-0.4, -0.2) is 46.7 Å². The standard InChI is InChI=1S/C9H17NO4/c1-4-10(5-6-11)7(12)9(2,3)8(13)14/h11H,4-6H2,1-3H3,(H,13,14). The van der Waals surface area contributed by atoms with E-state index >= 15 is 0 Å². The number of hydrogen-bond acceptors (Lipinski definition) is 3. The highest BCUT2D eigenvalue weighted by molar-refractivity contribution is 6.00. The van der Waals surface area contributed by atoms with Gasteiger partial charge in [-0.05, 0) is 20.8 Å². The molecule has 82 valence electrons. The first-order chi connectivity index (χ1) is 6.37. The number of carbonyl (C=O) groups excluding carboxylic acids is 1. The lowest BCUT2D eigenvalue weighted by Gasteiger charge is -2.27. The van der Waals surface area contributed by atoms with Crippen LogP contribution in [0.15, 0.2) is 0 Å². The quantitative estimate of drug-likeness (QED) is 0.613. The van der Waals surface area contributed by atoms with Crippen molar-refractivity contribution in [1.82, 2.24) is 4.90 Å². The van der Waals surface area contributed by atoms with E-state index in [0.717, 1.165) is 0 Å². The number of carboxylic acid groups (broad SMARTS) is 1. The number of likely N-dealkylation sites (N-methyl/N-ethyl adjacent to an activating group) is 1. The van der Waals surface area contributed by atoms with E-state index in [2.05, 4.69) is 0 Å². The van der Waals surface area contributed by atoms with E-state index in [4.69, 9.17) is 10.2 Å². The number of amides is 1. The van der Waals surface area contributed by atoms with Crippen LogP contribution in [0.5, 0.6) is 0 Å². The second-order valence-corrected chi connectivity index (χ2v) is 3.54. The zero-order valence-corrected chi connectivity index (χ0v) is 8.78. The molecule has 0 radical (unpaired) electrons. The van der Waals surface area contributed by atoms with E-state index in [1.165, 1.54) is 18.7 Å². The van der Waals surface area contributed by atoms with Gasteiger partial charge in [0.05, 0.1) is 6.61 Å². The Kier molecular flexibility index (Phi) is 4.56. The van der Waals surface area contributed by atoms with Crippen LogP contribution in [0.3, 0.4) is 0 Å². The number of carboxylic acids is 1. The largest absolute Gasteiger partial charge is 0.480 e. The first-order valence-corrected chi connectivity index (χ1v) is 4.51. The molecular formula is C9H17NO4. The number of rotatable bonds is 5. The monoisotopic (exact) mass is 203 g/mol. The lowest BCUT2D eigenvalue weighted by atomic mass is 9.92. The number of hydrogen-bond donors (Lipinski definition) is 2. The number of aliphatic hydroxyl groups is 1. The number of aliphatic hydroxyl groups excluding tert-OH is 1. The van der Waals surface area contributed by atoms with Crippen LogP contribution >= 0.6 is 0 Å². The third-order valence-electron chi connectivity index (χ3n) is 2.11. The fraction of sp³-hybridized carbons (Fsp3) is 0.778. The molecule has 0 spiro atoms. The maximum absolute atomic E-state index is 11.7. The molecule has 2 N–H and O–H groups in total. The van der Waals surface area contributed by atoms with Gasteiger partial charge in [-0.25, -0.2) is 0 Å². The van der Waals surface area contributed by atoms with Gasteiger partial charge in [0.1, 0.15) is 5.41 Å². The molecule has 5 nitrogen and oxygen atoms in total. The number of nitrogens with zero attached hydrogens (tertiary/aromatic N) is 1. The van der Waals surface area contributed by atoms with Gasteiger partial charge in [-0.1, -0.05) is 0 Å². The minimum atomic E-state index is -1.43. The average molecular weight is 203 g/mol. The first-order valence-electron chi connectivity index (χ1n) is 4.51. The summed E-state index contributed by atoms with van der Waals surface area (Å²) in [6.07, 6.45) is 0. The first kappa shape index (κ1) is 12.9. The van der Waals surface area contributed by atoms with Gasteiger partial charge in [0.2, 0.25) is 5.91 Å². The van der Waals surface area contributed by atoms with Crippen molar-refractivity contribution < 1.29 is 19.8 Å². The topological polar surface area (TPSA) is 77.8 Å². The van der Waals surface area contributed by atoms with Crippen LogP contribution in [0.2, 0.25) is 0 Å². The number of aliphatic carboxylic acids is 1. The molecule has 0 fully saturated rings. The highest BCUT2D eigenvalue weighted by Gasteiger charge is 2.38. The molecule has 0 aromatic carbocycles. The van der Waals surface area contributed by atoms with Gasteiger partial charge in [-0.2, -0.15) is 0 Å². The molecule has 0 aromatic rings. The molecule has 0 heterocycles. The predicted octanol–water partition coefficient (Wildman–Crippen LogP) is -0.0620. The number of carbonyl (C=O) groups is 2. The molecule has 0 unspecified atom stereocenters. The molecule has 0 saturated carbocycles. The Balaban J connectivity index is 4.64. The zero-order chi connectivity index (χ0) is 11.4. The van der Waals surface area contributed by atoms with Crippen LogP contribution in [-0.2, 0) is 9.59 Å². The molecule has 14 heavy (non-hydrogen) atoms. The summed E-state index contributed by atoms with van der Waals surface area (Å²) in [6, 6.07) is 0. The lowest BCUT2D eigenvalue weighted by Crippen LogP contribution is -2.46. The minimum Gasteiger partial charge on any atom is -0.480 e. The lowest BCUT2D eigenvalue weighted by molar-refractivity contribution is -0.158. The summed E-state index contributed by atoms with van der Waals surface area (Å²) in [5.41, 5.74) is -1.43. The smallest absolute Gasteiger partial charge is 0.318 e. The Labute approximate surface area is 83.3 Å². The van der Waals surface area contributed by atoms with Gasteiger partial charge in [0.15, 0.2) is 0 Å². The summed E-state index contributed by atoms with van der Waals surface area (Å²) in [7, 11) is 0. The molecule has 0 aliphatic carbocycles. The summed E-state index contributed by atoms with van der Waals surface area (Å²) in [6.45, 7) is 4.87. The minimum absolute atomic E-state index is 0.157. The maximum Gasteiger partial charge on any atom is 0.318 e. The Morgan fingerprint density at radius 1 is 1.36 bits per heavy atom. The van der Waals surface area contributed by atoms with Gasteiger partial charge < -0.3 is 15.1 Å². The SMILES string of the molecule is CCN(CCO)C(=O)C(C)(C)C(=O)O. The normalized spacial score (nSPS) is 11.1. The highest BCUT2D eigenvalue weighted by Crippen LogP contribution is 2.18. The third kappa shape index (κ3) is 2.70. The van der Waals surface area contributed by atoms with Crippen molar-refractivity contribution in [1.29, 1.82) is 0 Å². The van der Waals surface area contributed by atoms with Crippen molar-refractivity contribution in [3.8, 4) is 0 Å². The fourth-order valence-corrected chi connectivity index (χ4v) is 1.01. The van der Waals surface area contributed by atoms with Gasteiger partial charge in [0, 0.05) is 13.1 Å². The van der Waals surface area contributed by atoms with E-state index in [-0.39, 0.29) is 13.2 Å². The summed E-state index contributed by atoms with van der Waals surface area (Å²) in [4.78, 5) is 23.8. The van der Waals surface area contributed by atoms with Crippen molar-refractivity contribution >= 4 is 11.9 Å². The Hall–Kier alpha value is -1.10. The fourth-order valence-electron chi connectivity index (χ4n) is 1.01. The summed E-state index contributed by atoms with van der Waals surface area (Å²) < 4.78 is 0. The maximum atomic E-state index is 11.7. The van der Waals surface area contributed by atoms with E-state index in [1.54, 1.807) is 6.92 Å². The van der Waals surface area contributed by atoms with Crippen LogP contribution in [0, 0.1) is 5.41 Å². The molecule has 0 aliphatic rings. The Bertz CT molecular complexity index is 225. The molecule has 0 bridgehead atoms. The second kappa shape index (κ2) is 4.95. The van der Waals surface area contributed by atoms with Crippen molar-refractivity contribution in [3.63, 3.8) is 0 Å². The molecule has 0 atom stereocenters. The summed E-state index contributed by atoms with van der Waals surface area (Å²) >= 11 is 0. The molecule has 0 saturated heterocycles. The predicted molar refractivity (Wildman–Crippen MR) is 50.8 cm³/mol. The second-order valence-electron chi connectivity index (χ2n) is 3.54. The van der Waals surface area contributed by atoms with Gasteiger partial charge in [-0.3, -0.25) is 9.59 Å². The molecule has 5 heteroatoms. The van der Waals surface area contributed by atoms with Crippen LogP contribution in [0.1, 0.15) is 20.8 Å². The molecule has 0 aliphatic heterocycles. The Morgan fingerprint density at radius 2 is 1.86 bits per heavy atom. The van der Waals surface area contributed by atoms with E-state index < -0.39 is 17.3 Å². The molecule has 1 amide bonds. The average Bonchev–Trinajstić information content (AvgIpc) is 2.12.